The van der Waals surface area contributed by atoms with Crippen LogP contribution in [0.25, 0.3) is 0 Å². The molecular formula is C22H18Cl2F3N3O3S. The van der Waals surface area contributed by atoms with E-state index in [0.717, 1.165) is 17.8 Å². The second-order valence-corrected chi connectivity index (χ2v) is 8.91. The molecule has 2 aromatic carbocycles. The average Bonchev–Trinajstić information content (AvgIpc) is 2.77. The lowest BCUT2D eigenvalue weighted by atomic mass is 10.1. The van der Waals surface area contributed by atoms with Crippen LogP contribution in [0.3, 0.4) is 0 Å². The molecule has 1 heterocycles. The number of amides is 1. The zero-order valence-corrected chi connectivity index (χ0v) is 19.7. The molecule has 0 spiro atoms. The van der Waals surface area contributed by atoms with Gasteiger partial charge in [-0.25, -0.2) is 4.21 Å². The second-order valence-electron chi connectivity index (χ2n) is 7.14. The van der Waals surface area contributed by atoms with Crippen LogP contribution in [0.1, 0.15) is 27.2 Å². The summed E-state index contributed by atoms with van der Waals surface area (Å²) in [4.78, 5) is 15.7. The number of aromatic nitrogens is 1. The molecule has 1 unspecified atom stereocenters. The van der Waals surface area contributed by atoms with Crippen molar-refractivity contribution in [2.24, 2.45) is 0 Å². The first-order chi connectivity index (χ1) is 16.0. The predicted molar refractivity (Wildman–Crippen MR) is 125 cm³/mol. The number of hydrogen-bond donors (Lipinski definition) is 2. The molecule has 0 saturated heterocycles. The summed E-state index contributed by atoms with van der Waals surface area (Å²) in [5, 5.41) is 3.51. The molecule has 12 heteroatoms. The Hall–Kier alpha value is -2.66. The monoisotopic (exact) mass is 531 g/mol. The minimum Gasteiger partial charge on any atom is -0.348 e. The fourth-order valence-electron chi connectivity index (χ4n) is 3.04. The average molecular weight is 532 g/mol. The molecular weight excluding hydrogens is 514 g/mol. The number of anilines is 1. The second kappa shape index (κ2) is 11.2. The summed E-state index contributed by atoms with van der Waals surface area (Å²) >= 11 is 9.66. The SMILES string of the molecule is O=C(NCc1ccc(C(F)(F)F)nc1)c1ccc(N(CCc2cc(Cl)cc(Cl)c2)S(=O)O)cc1. The molecule has 6 nitrogen and oxygen atoms in total. The summed E-state index contributed by atoms with van der Waals surface area (Å²) in [5.41, 5.74) is 0.872. The van der Waals surface area contributed by atoms with Crippen molar-refractivity contribution < 1.29 is 26.7 Å². The Morgan fingerprint density at radius 1 is 1.03 bits per heavy atom. The molecule has 1 aromatic heterocycles. The van der Waals surface area contributed by atoms with Crippen LogP contribution in [0.4, 0.5) is 18.9 Å². The third kappa shape index (κ3) is 7.17. The summed E-state index contributed by atoms with van der Waals surface area (Å²) in [6.45, 7) is 0.174. The van der Waals surface area contributed by atoms with Crippen molar-refractivity contribution in [1.29, 1.82) is 0 Å². The maximum Gasteiger partial charge on any atom is 0.433 e. The smallest absolute Gasteiger partial charge is 0.348 e. The van der Waals surface area contributed by atoms with Crippen molar-refractivity contribution in [3.05, 3.63) is 93.2 Å². The molecule has 3 aromatic rings. The lowest BCUT2D eigenvalue weighted by Gasteiger charge is -2.20. The molecule has 180 valence electrons. The first-order valence-electron chi connectivity index (χ1n) is 9.77. The minimum atomic E-state index is -4.53. The normalized spacial score (nSPS) is 12.3. The van der Waals surface area contributed by atoms with Crippen LogP contribution < -0.4 is 9.62 Å². The highest BCUT2D eigenvalue weighted by Crippen LogP contribution is 2.27. The number of hydrogen-bond acceptors (Lipinski definition) is 3. The zero-order chi connectivity index (χ0) is 24.9. The highest BCUT2D eigenvalue weighted by Gasteiger charge is 2.32. The summed E-state index contributed by atoms with van der Waals surface area (Å²) in [5.74, 6) is -0.461. The Balaban J connectivity index is 1.61. The van der Waals surface area contributed by atoms with Gasteiger partial charge < -0.3 is 5.32 Å². The maximum atomic E-state index is 12.6. The lowest BCUT2D eigenvalue weighted by Crippen LogP contribution is -2.28. The van der Waals surface area contributed by atoms with Crippen molar-refractivity contribution in [3.63, 3.8) is 0 Å². The first-order valence-corrected chi connectivity index (χ1v) is 11.6. The maximum absolute atomic E-state index is 12.6. The number of nitrogens with zero attached hydrogens (tertiary/aromatic N) is 2. The number of nitrogens with one attached hydrogen (secondary N) is 1. The fourth-order valence-corrected chi connectivity index (χ4v) is 4.16. The number of carbonyl (C=O) groups excluding carboxylic acids is 1. The van der Waals surface area contributed by atoms with Gasteiger partial charge in [0.05, 0.1) is 5.69 Å². The third-order valence-electron chi connectivity index (χ3n) is 4.70. The molecule has 1 amide bonds. The summed E-state index contributed by atoms with van der Waals surface area (Å²) in [6, 6.07) is 13.1. The van der Waals surface area contributed by atoms with Gasteiger partial charge in [-0.2, -0.15) is 13.2 Å². The van der Waals surface area contributed by atoms with Gasteiger partial charge in [-0.1, -0.05) is 29.3 Å². The van der Waals surface area contributed by atoms with E-state index in [0.29, 0.717) is 27.7 Å². The molecule has 0 bridgehead atoms. The standard InChI is InChI=1S/C22H18Cl2F3N3O3S/c23-17-9-14(10-18(24)11-17)7-8-30(34(32)33)19-4-2-16(3-5-19)21(31)29-13-15-1-6-20(28-12-15)22(25,26)27/h1-6,9-12H,7-8,13H2,(H,29,31)(H,32,33). The molecule has 34 heavy (non-hydrogen) atoms. The van der Waals surface area contributed by atoms with E-state index in [1.165, 1.54) is 34.6 Å². The highest BCUT2D eigenvalue weighted by molar-refractivity contribution is 7.80. The van der Waals surface area contributed by atoms with E-state index in [2.05, 4.69) is 10.3 Å². The van der Waals surface area contributed by atoms with Gasteiger partial charge in [0, 0.05) is 34.9 Å². The highest BCUT2D eigenvalue weighted by atomic mass is 35.5. The Kier molecular flexibility index (Phi) is 8.53. The molecule has 0 saturated carbocycles. The Bertz CT molecular complexity index is 1160. The summed E-state index contributed by atoms with van der Waals surface area (Å²) < 4.78 is 60.5. The van der Waals surface area contributed by atoms with E-state index in [9.17, 15) is 26.7 Å². The molecule has 0 aliphatic rings. The minimum absolute atomic E-state index is 0.0132. The predicted octanol–water partition coefficient (Wildman–Crippen LogP) is 5.52. The molecule has 3 rings (SSSR count). The van der Waals surface area contributed by atoms with E-state index < -0.39 is 29.0 Å². The molecule has 0 aliphatic carbocycles. The molecule has 2 N–H and O–H groups in total. The number of alkyl halides is 3. The van der Waals surface area contributed by atoms with Crippen LogP contribution in [0.15, 0.2) is 60.8 Å². The van der Waals surface area contributed by atoms with Gasteiger partial charge in [0.25, 0.3) is 17.2 Å². The number of pyridine rings is 1. The van der Waals surface area contributed by atoms with Gasteiger partial charge in [-0.05, 0) is 66.1 Å². The van der Waals surface area contributed by atoms with Gasteiger partial charge in [-0.3, -0.25) is 18.6 Å². The van der Waals surface area contributed by atoms with E-state index in [-0.39, 0.29) is 18.7 Å². The van der Waals surface area contributed by atoms with E-state index in [4.69, 9.17) is 23.2 Å². The van der Waals surface area contributed by atoms with E-state index in [1.807, 2.05) is 0 Å². The van der Waals surface area contributed by atoms with Gasteiger partial charge >= 0.3 is 6.18 Å². The Morgan fingerprint density at radius 3 is 2.21 bits per heavy atom. The van der Waals surface area contributed by atoms with Gasteiger partial charge in [0.15, 0.2) is 0 Å². The van der Waals surface area contributed by atoms with Crippen molar-refractivity contribution >= 4 is 46.1 Å². The zero-order valence-electron chi connectivity index (χ0n) is 17.4. The fraction of sp³-hybridized carbons (Fsp3) is 0.182. The molecule has 0 radical (unpaired) electrons. The van der Waals surface area contributed by atoms with Crippen molar-refractivity contribution in [2.75, 3.05) is 10.8 Å². The van der Waals surface area contributed by atoms with Crippen LogP contribution >= 0.6 is 23.2 Å². The molecule has 0 aliphatic heterocycles. The summed E-state index contributed by atoms with van der Waals surface area (Å²) in [6.07, 6.45) is -3.08. The third-order valence-corrected chi connectivity index (χ3v) is 5.91. The van der Waals surface area contributed by atoms with Gasteiger partial charge in [0.2, 0.25) is 0 Å². The van der Waals surface area contributed by atoms with Crippen LogP contribution in [0.2, 0.25) is 10.0 Å². The number of carbonyl (C=O) groups is 1. The van der Waals surface area contributed by atoms with Crippen LogP contribution in [0, 0.1) is 0 Å². The number of halogens is 5. The number of benzene rings is 2. The van der Waals surface area contributed by atoms with Gasteiger partial charge in [-0.15, -0.1) is 0 Å². The number of rotatable bonds is 8. The Morgan fingerprint density at radius 2 is 1.68 bits per heavy atom. The summed E-state index contributed by atoms with van der Waals surface area (Å²) in [7, 11) is 0. The van der Waals surface area contributed by atoms with Crippen molar-refractivity contribution in [3.8, 4) is 0 Å². The first kappa shape index (κ1) is 26.0. The van der Waals surface area contributed by atoms with Crippen molar-refractivity contribution in [1.82, 2.24) is 10.3 Å². The van der Waals surface area contributed by atoms with Crippen LogP contribution in [0.5, 0.6) is 0 Å². The van der Waals surface area contributed by atoms with E-state index in [1.54, 1.807) is 18.2 Å². The van der Waals surface area contributed by atoms with Crippen LogP contribution in [-0.4, -0.2) is 26.2 Å². The van der Waals surface area contributed by atoms with Crippen LogP contribution in [-0.2, 0) is 30.4 Å². The van der Waals surface area contributed by atoms with Crippen molar-refractivity contribution in [2.45, 2.75) is 19.1 Å². The lowest BCUT2D eigenvalue weighted by molar-refractivity contribution is -0.141. The topological polar surface area (TPSA) is 82.5 Å². The Labute approximate surface area is 206 Å². The largest absolute Gasteiger partial charge is 0.433 e. The molecule has 0 fully saturated rings. The van der Waals surface area contributed by atoms with E-state index >= 15 is 0 Å². The molecule has 1 atom stereocenters. The quantitative estimate of drug-likeness (QED) is 0.375. The van der Waals surface area contributed by atoms with Gasteiger partial charge in [0.1, 0.15) is 5.69 Å².